The smallest absolute Gasteiger partial charge is 0.252 e. The van der Waals surface area contributed by atoms with E-state index in [1.165, 1.54) is 32.2 Å². The Bertz CT molecular complexity index is 808. The highest BCUT2D eigenvalue weighted by Crippen LogP contribution is 2.28. The molecule has 0 bridgehead atoms. The quantitative estimate of drug-likeness (QED) is 0.669. The van der Waals surface area contributed by atoms with Crippen LogP contribution in [0, 0.1) is 12.8 Å². The second-order valence-corrected chi connectivity index (χ2v) is 9.44. The lowest BCUT2D eigenvalue weighted by atomic mass is 10.0. The van der Waals surface area contributed by atoms with E-state index < -0.39 is 0 Å². The van der Waals surface area contributed by atoms with Crippen LogP contribution in [-0.4, -0.2) is 41.6 Å². The van der Waals surface area contributed by atoms with Crippen LogP contribution in [0.25, 0.3) is 0 Å². The van der Waals surface area contributed by atoms with Gasteiger partial charge in [0.2, 0.25) is 0 Å². The maximum Gasteiger partial charge on any atom is 0.252 e. The van der Waals surface area contributed by atoms with Crippen molar-refractivity contribution in [3.05, 3.63) is 47.3 Å². The summed E-state index contributed by atoms with van der Waals surface area (Å²) in [6.45, 7) is 5.37. The maximum absolute atomic E-state index is 12.9. The topological polar surface area (TPSA) is 58.4 Å². The molecule has 2 aromatic rings. The van der Waals surface area contributed by atoms with E-state index in [-0.39, 0.29) is 11.9 Å². The van der Waals surface area contributed by atoms with Crippen LogP contribution in [0.2, 0.25) is 0 Å². The summed E-state index contributed by atoms with van der Waals surface area (Å²) >= 11 is 1.62. The van der Waals surface area contributed by atoms with Gasteiger partial charge in [0.25, 0.3) is 5.91 Å². The molecular weight excluding hydrogens is 382 g/mol. The molecule has 29 heavy (non-hydrogen) atoms. The van der Waals surface area contributed by atoms with Gasteiger partial charge >= 0.3 is 0 Å². The number of aryl methyl sites for hydroxylation is 1. The maximum atomic E-state index is 12.9. The van der Waals surface area contributed by atoms with E-state index in [1.807, 2.05) is 37.3 Å². The molecule has 1 aliphatic carbocycles. The van der Waals surface area contributed by atoms with Gasteiger partial charge in [0, 0.05) is 36.6 Å². The summed E-state index contributed by atoms with van der Waals surface area (Å²) in [5, 5.41) is 7.21. The Kier molecular flexibility index (Phi) is 6.93. The van der Waals surface area contributed by atoms with Gasteiger partial charge in [-0.15, -0.1) is 11.8 Å². The van der Waals surface area contributed by atoms with Crippen molar-refractivity contribution in [3.63, 3.8) is 0 Å². The van der Waals surface area contributed by atoms with E-state index in [0.717, 1.165) is 53.8 Å². The molecule has 1 aromatic heterocycles. The van der Waals surface area contributed by atoms with E-state index >= 15 is 0 Å². The third-order valence-corrected chi connectivity index (χ3v) is 7.19. The van der Waals surface area contributed by atoms with Crippen LogP contribution < -0.4 is 5.32 Å². The van der Waals surface area contributed by atoms with Crippen LogP contribution in [0.3, 0.4) is 0 Å². The first-order valence-electron chi connectivity index (χ1n) is 10.8. The summed E-state index contributed by atoms with van der Waals surface area (Å²) in [5.41, 5.74) is 1.63. The summed E-state index contributed by atoms with van der Waals surface area (Å²) in [4.78, 5) is 16.5. The molecule has 2 fully saturated rings. The number of thioether (sulfide) groups is 1. The monoisotopic (exact) mass is 413 g/mol. The fraction of sp³-hybridized carbons (Fsp3) is 0.565. The molecule has 2 heterocycles. The molecule has 156 valence electrons. The Morgan fingerprint density at radius 3 is 2.69 bits per heavy atom. The average molecular weight is 414 g/mol. The van der Waals surface area contributed by atoms with E-state index in [0.29, 0.717) is 5.75 Å². The number of hydrogen-bond acceptors (Lipinski definition) is 5. The van der Waals surface area contributed by atoms with E-state index in [4.69, 9.17) is 4.52 Å². The van der Waals surface area contributed by atoms with Crippen LogP contribution in [0.15, 0.2) is 39.8 Å². The van der Waals surface area contributed by atoms with Crippen LogP contribution in [0.5, 0.6) is 0 Å². The minimum Gasteiger partial charge on any atom is -0.360 e. The summed E-state index contributed by atoms with van der Waals surface area (Å²) in [5.74, 6) is 2.44. The number of likely N-dealkylation sites (tertiary alicyclic amines) is 1. The zero-order valence-electron chi connectivity index (χ0n) is 17.2. The van der Waals surface area contributed by atoms with Crippen molar-refractivity contribution in [3.8, 4) is 0 Å². The number of amides is 1. The lowest BCUT2D eigenvalue weighted by Gasteiger charge is -2.34. The second kappa shape index (κ2) is 9.81. The highest BCUT2D eigenvalue weighted by atomic mass is 32.2. The molecule has 4 rings (SSSR count). The van der Waals surface area contributed by atoms with Crippen molar-refractivity contribution in [2.75, 3.05) is 19.6 Å². The zero-order valence-corrected chi connectivity index (χ0v) is 18.0. The molecule has 6 heteroatoms. The van der Waals surface area contributed by atoms with Crippen LogP contribution in [-0.2, 0) is 5.75 Å². The third-order valence-electron chi connectivity index (χ3n) is 6.09. The van der Waals surface area contributed by atoms with Crippen molar-refractivity contribution >= 4 is 17.7 Å². The Balaban J connectivity index is 1.28. The minimum atomic E-state index is 0.0380. The first-order valence-corrected chi connectivity index (χ1v) is 11.8. The summed E-state index contributed by atoms with van der Waals surface area (Å²) < 4.78 is 5.29. The highest BCUT2D eigenvalue weighted by molar-refractivity contribution is 7.98. The van der Waals surface area contributed by atoms with Gasteiger partial charge in [0.15, 0.2) is 0 Å². The van der Waals surface area contributed by atoms with Crippen LogP contribution in [0.4, 0.5) is 0 Å². The summed E-state index contributed by atoms with van der Waals surface area (Å²) in [6, 6.07) is 10.0. The average Bonchev–Trinajstić information content (AvgIpc) is 3.40. The summed E-state index contributed by atoms with van der Waals surface area (Å²) in [7, 11) is 0. The molecule has 1 amide bonds. The number of nitrogens with one attached hydrogen (secondary N) is 1. The largest absolute Gasteiger partial charge is 0.360 e. The second-order valence-electron chi connectivity index (χ2n) is 8.42. The molecule has 1 N–H and O–H groups in total. The van der Waals surface area contributed by atoms with E-state index in [1.54, 1.807) is 11.8 Å². The fourth-order valence-corrected chi connectivity index (χ4v) is 5.42. The molecule has 2 aliphatic rings. The van der Waals surface area contributed by atoms with Gasteiger partial charge in [0.1, 0.15) is 5.76 Å². The van der Waals surface area contributed by atoms with Crippen molar-refractivity contribution < 1.29 is 9.32 Å². The number of carbonyl (C=O) groups excluding carboxylic acids is 1. The Hall–Kier alpha value is -1.79. The number of rotatable bonds is 7. The molecule has 1 saturated heterocycles. The first kappa shape index (κ1) is 20.5. The molecule has 1 aromatic carbocycles. The first-order chi connectivity index (χ1) is 14.2. The predicted octanol–water partition coefficient (Wildman–Crippen LogP) is 4.66. The number of hydrogen-bond donors (Lipinski definition) is 1. The van der Waals surface area contributed by atoms with Crippen molar-refractivity contribution in [1.82, 2.24) is 15.4 Å². The van der Waals surface area contributed by atoms with Crippen molar-refractivity contribution in [2.24, 2.45) is 5.92 Å². The van der Waals surface area contributed by atoms with Crippen molar-refractivity contribution in [1.29, 1.82) is 0 Å². The predicted molar refractivity (Wildman–Crippen MR) is 116 cm³/mol. The Labute approximate surface area is 177 Å². The van der Waals surface area contributed by atoms with Gasteiger partial charge in [-0.1, -0.05) is 30.1 Å². The molecule has 1 saturated carbocycles. The lowest BCUT2D eigenvalue weighted by Crippen LogP contribution is -2.45. The Morgan fingerprint density at radius 1 is 1.21 bits per heavy atom. The standard InChI is InChI=1S/C23H31N3O2S/c1-17-14-20(28-25-17)16-29-22-9-5-4-8-21(22)23(27)24-19-10-12-26(13-11-19)15-18-6-2-3-7-18/h4-5,8-9,14,18-19H,2-3,6-7,10-13,15-16H2,1H3,(H,24,27). The van der Waals surface area contributed by atoms with Crippen molar-refractivity contribution in [2.45, 2.75) is 62.1 Å². The highest BCUT2D eigenvalue weighted by Gasteiger charge is 2.25. The van der Waals surface area contributed by atoms with Gasteiger partial charge in [-0.25, -0.2) is 0 Å². The van der Waals surface area contributed by atoms with Gasteiger partial charge in [-0.3, -0.25) is 4.79 Å². The molecule has 0 radical (unpaired) electrons. The molecule has 5 nitrogen and oxygen atoms in total. The van der Waals surface area contributed by atoms with Crippen LogP contribution >= 0.6 is 11.8 Å². The van der Waals surface area contributed by atoms with Gasteiger partial charge in [0.05, 0.1) is 17.0 Å². The van der Waals surface area contributed by atoms with E-state index in [2.05, 4.69) is 15.4 Å². The fourth-order valence-electron chi connectivity index (χ4n) is 4.49. The molecule has 1 aliphatic heterocycles. The molecule has 0 unspecified atom stereocenters. The SMILES string of the molecule is Cc1cc(CSc2ccccc2C(=O)NC2CCN(CC3CCCC3)CC2)on1. The van der Waals surface area contributed by atoms with Gasteiger partial charge in [-0.05, 0) is 50.7 Å². The molecule has 0 atom stereocenters. The van der Waals surface area contributed by atoms with E-state index in [9.17, 15) is 4.79 Å². The Morgan fingerprint density at radius 2 is 1.97 bits per heavy atom. The van der Waals surface area contributed by atoms with Gasteiger partial charge < -0.3 is 14.7 Å². The number of aromatic nitrogens is 1. The normalized spacial score (nSPS) is 18.9. The van der Waals surface area contributed by atoms with Crippen LogP contribution in [0.1, 0.15) is 60.3 Å². The number of benzene rings is 1. The lowest BCUT2D eigenvalue weighted by molar-refractivity contribution is 0.0903. The molecular formula is C23H31N3O2S. The summed E-state index contributed by atoms with van der Waals surface area (Å²) in [6.07, 6.45) is 7.71. The number of piperidine rings is 1. The number of carbonyl (C=O) groups is 1. The molecule has 0 spiro atoms. The zero-order chi connectivity index (χ0) is 20.1. The van der Waals surface area contributed by atoms with Gasteiger partial charge in [-0.2, -0.15) is 0 Å². The minimum absolute atomic E-state index is 0.0380. The third kappa shape index (κ3) is 5.64. The number of nitrogens with zero attached hydrogens (tertiary/aromatic N) is 2.